The summed E-state index contributed by atoms with van der Waals surface area (Å²) in [4.78, 5) is 23.9. The summed E-state index contributed by atoms with van der Waals surface area (Å²) < 4.78 is 29.7. The minimum absolute atomic E-state index is 0.287. The second kappa shape index (κ2) is 7.80. The standard InChI is InChI=1S/C17H18N2O5S/c1-3-24-17(21)12-7-9-14(10-8-12)18-16(20)13-5-4-6-15(11-13)19-25(2,22)23/h4-11,19H,3H2,1-2H3,(H,18,20). The van der Waals surface area contributed by atoms with Gasteiger partial charge in [0.25, 0.3) is 5.91 Å². The van der Waals surface area contributed by atoms with Gasteiger partial charge in [-0.1, -0.05) is 6.07 Å². The number of hydrogen-bond acceptors (Lipinski definition) is 5. The molecule has 2 rings (SSSR count). The first kappa shape index (κ1) is 18.5. The van der Waals surface area contributed by atoms with Gasteiger partial charge in [-0.3, -0.25) is 9.52 Å². The summed E-state index contributed by atoms with van der Waals surface area (Å²) in [5.74, 6) is -0.832. The van der Waals surface area contributed by atoms with Crippen molar-refractivity contribution in [2.24, 2.45) is 0 Å². The van der Waals surface area contributed by atoms with Gasteiger partial charge in [0.2, 0.25) is 10.0 Å². The number of carbonyl (C=O) groups is 2. The Hall–Kier alpha value is -2.87. The van der Waals surface area contributed by atoms with Crippen molar-refractivity contribution in [1.29, 1.82) is 0 Å². The zero-order valence-electron chi connectivity index (χ0n) is 13.8. The second-order valence-corrected chi connectivity index (χ2v) is 6.96. The van der Waals surface area contributed by atoms with Crippen LogP contribution in [0.25, 0.3) is 0 Å². The highest BCUT2D eigenvalue weighted by Gasteiger charge is 2.10. The molecule has 0 aliphatic carbocycles. The molecule has 2 aromatic rings. The minimum atomic E-state index is -3.42. The summed E-state index contributed by atoms with van der Waals surface area (Å²) in [6.45, 7) is 2.01. The predicted molar refractivity (Wildman–Crippen MR) is 95.3 cm³/mol. The number of nitrogens with one attached hydrogen (secondary N) is 2. The lowest BCUT2D eigenvalue weighted by molar-refractivity contribution is 0.0526. The molecule has 0 aliphatic heterocycles. The highest BCUT2D eigenvalue weighted by Crippen LogP contribution is 2.15. The van der Waals surface area contributed by atoms with Crippen molar-refractivity contribution in [2.45, 2.75) is 6.92 Å². The van der Waals surface area contributed by atoms with Gasteiger partial charge in [0.05, 0.1) is 18.4 Å². The average molecular weight is 362 g/mol. The van der Waals surface area contributed by atoms with E-state index in [-0.39, 0.29) is 6.61 Å². The van der Waals surface area contributed by atoms with Gasteiger partial charge in [0.1, 0.15) is 0 Å². The molecule has 0 saturated heterocycles. The minimum Gasteiger partial charge on any atom is -0.462 e. The molecule has 0 radical (unpaired) electrons. The van der Waals surface area contributed by atoms with E-state index in [4.69, 9.17) is 4.74 Å². The van der Waals surface area contributed by atoms with Crippen molar-refractivity contribution in [3.63, 3.8) is 0 Å². The van der Waals surface area contributed by atoms with Crippen LogP contribution in [-0.4, -0.2) is 33.2 Å². The van der Waals surface area contributed by atoms with E-state index in [0.29, 0.717) is 22.5 Å². The number of anilines is 2. The Bertz CT molecular complexity index is 876. The number of hydrogen-bond donors (Lipinski definition) is 2. The first-order valence-corrected chi connectivity index (χ1v) is 9.34. The first-order chi connectivity index (χ1) is 11.8. The Morgan fingerprint density at radius 1 is 1.00 bits per heavy atom. The van der Waals surface area contributed by atoms with Gasteiger partial charge in [-0.05, 0) is 49.4 Å². The van der Waals surface area contributed by atoms with Crippen LogP contribution in [0.1, 0.15) is 27.6 Å². The monoisotopic (exact) mass is 362 g/mol. The smallest absolute Gasteiger partial charge is 0.338 e. The molecular formula is C17H18N2O5S. The van der Waals surface area contributed by atoms with Crippen LogP contribution < -0.4 is 10.0 Å². The number of ether oxygens (including phenoxy) is 1. The van der Waals surface area contributed by atoms with Crippen LogP contribution in [0.4, 0.5) is 11.4 Å². The molecule has 0 saturated carbocycles. The summed E-state index contributed by atoms with van der Waals surface area (Å²) in [5, 5.41) is 2.68. The van der Waals surface area contributed by atoms with Crippen molar-refractivity contribution in [2.75, 3.05) is 22.9 Å². The number of benzene rings is 2. The van der Waals surface area contributed by atoms with E-state index in [0.717, 1.165) is 6.26 Å². The van der Waals surface area contributed by atoms with Crippen molar-refractivity contribution in [3.8, 4) is 0 Å². The molecule has 2 aromatic carbocycles. The van der Waals surface area contributed by atoms with Crippen LogP contribution in [0.2, 0.25) is 0 Å². The number of amides is 1. The lowest BCUT2D eigenvalue weighted by atomic mass is 10.1. The molecule has 0 fully saturated rings. The van der Waals surface area contributed by atoms with Crippen molar-refractivity contribution >= 4 is 33.3 Å². The highest BCUT2D eigenvalue weighted by molar-refractivity contribution is 7.92. The molecule has 0 heterocycles. The van der Waals surface area contributed by atoms with Gasteiger partial charge < -0.3 is 10.1 Å². The largest absolute Gasteiger partial charge is 0.462 e. The Morgan fingerprint density at radius 2 is 1.68 bits per heavy atom. The van der Waals surface area contributed by atoms with Crippen molar-refractivity contribution in [1.82, 2.24) is 0 Å². The van der Waals surface area contributed by atoms with Gasteiger partial charge in [-0.2, -0.15) is 0 Å². The molecule has 25 heavy (non-hydrogen) atoms. The number of carbonyl (C=O) groups excluding carboxylic acids is 2. The molecule has 0 aromatic heterocycles. The van der Waals surface area contributed by atoms with Gasteiger partial charge in [-0.25, -0.2) is 13.2 Å². The van der Waals surface area contributed by atoms with E-state index in [1.807, 2.05) is 0 Å². The normalized spacial score (nSPS) is 10.8. The fourth-order valence-corrected chi connectivity index (χ4v) is 2.60. The quantitative estimate of drug-likeness (QED) is 0.769. The van der Waals surface area contributed by atoms with Gasteiger partial charge in [0, 0.05) is 16.9 Å². The Labute approximate surface area is 146 Å². The third kappa shape index (κ3) is 5.61. The topological polar surface area (TPSA) is 102 Å². The maximum absolute atomic E-state index is 12.3. The van der Waals surface area contributed by atoms with Crippen LogP contribution in [0, 0.1) is 0 Å². The van der Waals surface area contributed by atoms with E-state index >= 15 is 0 Å². The maximum Gasteiger partial charge on any atom is 0.338 e. The van der Waals surface area contributed by atoms with E-state index in [9.17, 15) is 18.0 Å². The molecule has 0 atom stereocenters. The number of sulfonamides is 1. The maximum atomic E-state index is 12.3. The zero-order valence-corrected chi connectivity index (χ0v) is 14.6. The van der Waals surface area contributed by atoms with Crippen LogP contribution in [-0.2, 0) is 14.8 Å². The zero-order chi connectivity index (χ0) is 18.4. The summed E-state index contributed by atoms with van der Waals surface area (Å²) in [6, 6.07) is 12.4. The highest BCUT2D eigenvalue weighted by atomic mass is 32.2. The van der Waals surface area contributed by atoms with Crippen molar-refractivity contribution < 1.29 is 22.7 Å². The third-order valence-electron chi connectivity index (χ3n) is 3.08. The van der Waals surface area contributed by atoms with Crippen LogP contribution in [0.15, 0.2) is 48.5 Å². The van der Waals surface area contributed by atoms with E-state index < -0.39 is 21.9 Å². The molecule has 1 amide bonds. The molecule has 2 N–H and O–H groups in total. The summed E-state index contributed by atoms with van der Waals surface area (Å²) >= 11 is 0. The Balaban J connectivity index is 2.09. The van der Waals surface area contributed by atoms with Crippen molar-refractivity contribution in [3.05, 3.63) is 59.7 Å². The summed E-state index contributed by atoms with van der Waals surface area (Å²) in [6.07, 6.45) is 1.03. The van der Waals surface area contributed by atoms with E-state index in [1.165, 1.54) is 6.07 Å². The molecule has 0 aliphatic rings. The van der Waals surface area contributed by atoms with Gasteiger partial charge in [0.15, 0.2) is 0 Å². The van der Waals surface area contributed by atoms with E-state index in [2.05, 4.69) is 10.0 Å². The molecule has 0 bridgehead atoms. The number of esters is 1. The molecular weight excluding hydrogens is 344 g/mol. The molecule has 0 unspecified atom stereocenters. The SMILES string of the molecule is CCOC(=O)c1ccc(NC(=O)c2cccc(NS(C)(=O)=O)c2)cc1. The molecule has 7 nitrogen and oxygen atoms in total. The molecule has 132 valence electrons. The van der Waals surface area contributed by atoms with Gasteiger partial charge in [-0.15, -0.1) is 0 Å². The van der Waals surface area contributed by atoms with Crippen LogP contribution in [0.3, 0.4) is 0 Å². The fourth-order valence-electron chi connectivity index (χ4n) is 2.05. The summed E-state index contributed by atoms with van der Waals surface area (Å²) in [7, 11) is -3.42. The third-order valence-corrected chi connectivity index (χ3v) is 3.69. The van der Waals surface area contributed by atoms with Crippen LogP contribution in [0.5, 0.6) is 0 Å². The lowest BCUT2D eigenvalue weighted by Crippen LogP contribution is -2.14. The fraction of sp³-hybridized carbons (Fsp3) is 0.176. The first-order valence-electron chi connectivity index (χ1n) is 7.45. The Kier molecular flexibility index (Phi) is 5.76. The molecule has 8 heteroatoms. The average Bonchev–Trinajstić information content (AvgIpc) is 2.54. The molecule has 0 spiro atoms. The predicted octanol–water partition coefficient (Wildman–Crippen LogP) is 2.49. The van der Waals surface area contributed by atoms with Crippen LogP contribution >= 0.6 is 0 Å². The van der Waals surface area contributed by atoms with Gasteiger partial charge >= 0.3 is 5.97 Å². The lowest BCUT2D eigenvalue weighted by Gasteiger charge is -2.08. The summed E-state index contributed by atoms with van der Waals surface area (Å²) in [5.41, 5.74) is 1.48. The number of rotatable bonds is 6. The van der Waals surface area contributed by atoms with E-state index in [1.54, 1.807) is 49.4 Å². The Morgan fingerprint density at radius 3 is 2.28 bits per heavy atom. The second-order valence-electron chi connectivity index (χ2n) is 5.21.